The summed E-state index contributed by atoms with van der Waals surface area (Å²) in [5.74, 6) is -2.43. The van der Waals surface area contributed by atoms with Crippen molar-refractivity contribution in [1.82, 2.24) is 10.6 Å². The third-order valence-electron chi connectivity index (χ3n) is 5.91. The number of rotatable bonds is 9. The molecular weight excluding hydrogens is 412 g/mol. The number of carboxylic acid groups (broad SMARTS) is 1. The lowest BCUT2D eigenvalue weighted by molar-refractivity contribution is -0.143. The van der Waals surface area contributed by atoms with Gasteiger partial charge in [0.25, 0.3) is 0 Å². The molecule has 2 aromatic carbocycles. The van der Waals surface area contributed by atoms with Gasteiger partial charge < -0.3 is 25.6 Å². The van der Waals surface area contributed by atoms with E-state index in [1.54, 1.807) is 6.92 Å². The Balaban J connectivity index is 1.68. The molecule has 1 aliphatic rings. The molecule has 1 aliphatic carbocycles. The Hall–Kier alpha value is -3.39. The molecule has 8 heteroatoms. The first-order valence-corrected chi connectivity index (χ1v) is 10.6. The second-order valence-corrected chi connectivity index (χ2v) is 7.92. The van der Waals surface area contributed by atoms with E-state index in [1.165, 1.54) is 0 Å². The lowest BCUT2D eigenvalue weighted by atomic mass is 9.98. The lowest BCUT2D eigenvalue weighted by Gasteiger charge is -2.25. The van der Waals surface area contributed by atoms with Gasteiger partial charge in [-0.05, 0) is 28.2 Å². The van der Waals surface area contributed by atoms with E-state index in [2.05, 4.69) is 10.6 Å². The molecule has 0 fully saturated rings. The summed E-state index contributed by atoms with van der Waals surface area (Å²) in [6.45, 7) is 2.97. The molecule has 2 aromatic rings. The van der Waals surface area contributed by atoms with Crippen molar-refractivity contribution in [3.05, 3.63) is 59.7 Å². The Morgan fingerprint density at radius 3 is 2.06 bits per heavy atom. The van der Waals surface area contributed by atoms with E-state index < -0.39 is 36.7 Å². The zero-order chi connectivity index (χ0) is 23.3. The molecule has 3 rings (SSSR count). The van der Waals surface area contributed by atoms with Gasteiger partial charge in [0.1, 0.15) is 18.7 Å². The fourth-order valence-electron chi connectivity index (χ4n) is 3.92. The Morgan fingerprint density at radius 1 is 1.00 bits per heavy atom. The van der Waals surface area contributed by atoms with Crippen molar-refractivity contribution in [3.63, 3.8) is 0 Å². The first-order valence-electron chi connectivity index (χ1n) is 10.6. The lowest BCUT2D eigenvalue weighted by Crippen LogP contribution is -2.55. The summed E-state index contributed by atoms with van der Waals surface area (Å²) in [5.41, 5.74) is 4.37. The summed E-state index contributed by atoms with van der Waals surface area (Å²) in [5, 5.41) is 23.0. The third-order valence-corrected chi connectivity index (χ3v) is 5.91. The standard InChI is InChI=1S/C24H28N2O6/c1-3-14(2)21(22(28)25-20(12-27)23(29)30)26-24(31)32-13-19-17-10-6-4-8-15(17)16-9-5-7-11-18(16)19/h4-11,14,19-21,27H,3,12-13H2,1-2H3,(H,25,28)(H,26,31)(H,29,30)/t14?,20?,21-/m0/s1. The molecule has 2 unspecified atom stereocenters. The number of fused-ring (bicyclic) bond motifs is 3. The fourth-order valence-corrected chi connectivity index (χ4v) is 3.92. The molecule has 4 N–H and O–H groups in total. The molecule has 0 bridgehead atoms. The van der Waals surface area contributed by atoms with Gasteiger partial charge in [-0.15, -0.1) is 0 Å². The minimum atomic E-state index is -1.45. The topological polar surface area (TPSA) is 125 Å². The van der Waals surface area contributed by atoms with Crippen LogP contribution in [0.4, 0.5) is 4.79 Å². The molecule has 0 aromatic heterocycles. The maximum absolute atomic E-state index is 12.6. The number of aliphatic carboxylic acids is 1. The van der Waals surface area contributed by atoms with E-state index in [1.807, 2.05) is 55.5 Å². The summed E-state index contributed by atoms with van der Waals surface area (Å²) in [7, 11) is 0. The smallest absolute Gasteiger partial charge is 0.407 e. The van der Waals surface area contributed by atoms with Crippen LogP contribution in [0.3, 0.4) is 0 Å². The Bertz CT molecular complexity index is 946. The molecule has 170 valence electrons. The molecule has 0 saturated carbocycles. The molecule has 0 spiro atoms. The van der Waals surface area contributed by atoms with Crippen LogP contribution in [0.25, 0.3) is 11.1 Å². The largest absolute Gasteiger partial charge is 0.480 e. The van der Waals surface area contributed by atoms with Gasteiger partial charge in [-0.25, -0.2) is 9.59 Å². The number of carboxylic acids is 1. The highest BCUT2D eigenvalue weighted by Crippen LogP contribution is 2.44. The predicted octanol–water partition coefficient (Wildman–Crippen LogP) is 2.50. The second-order valence-electron chi connectivity index (χ2n) is 7.92. The van der Waals surface area contributed by atoms with Crippen LogP contribution in [0, 0.1) is 5.92 Å². The number of amides is 2. The molecule has 0 radical (unpaired) electrons. The van der Waals surface area contributed by atoms with Gasteiger partial charge in [0.15, 0.2) is 0 Å². The number of aliphatic hydroxyl groups excluding tert-OH is 1. The van der Waals surface area contributed by atoms with Crippen LogP contribution in [-0.2, 0) is 14.3 Å². The van der Waals surface area contributed by atoms with Gasteiger partial charge in [-0.3, -0.25) is 4.79 Å². The van der Waals surface area contributed by atoms with Crippen LogP contribution in [0.2, 0.25) is 0 Å². The molecule has 0 aliphatic heterocycles. The summed E-state index contributed by atoms with van der Waals surface area (Å²) in [6.07, 6.45) is -0.193. The minimum Gasteiger partial charge on any atom is -0.480 e. The number of nitrogens with one attached hydrogen (secondary N) is 2. The Kier molecular flexibility index (Phi) is 7.48. The molecule has 3 atom stereocenters. The number of aliphatic hydroxyl groups is 1. The average molecular weight is 440 g/mol. The monoisotopic (exact) mass is 440 g/mol. The van der Waals surface area contributed by atoms with Gasteiger partial charge in [-0.1, -0.05) is 68.8 Å². The average Bonchev–Trinajstić information content (AvgIpc) is 3.12. The number of ether oxygens (including phenoxy) is 1. The van der Waals surface area contributed by atoms with Crippen molar-refractivity contribution >= 4 is 18.0 Å². The maximum Gasteiger partial charge on any atom is 0.407 e. The number of carbonyl (C=O) groups is 3. The molecule has 32 heavy (non-hydrogen) atoms. The summed E-state index contributed by atoms with van der Waals surface area (Å²) in [6, 6.07) is 13.5. The third kappa shape index (κ3) is 4.91. The van der Waals surface area contributed by atoms with E-state index in [0.29, 0.717) is 6.42 Å². The maximum atomic E-state index is 12.6. The first kappa shape index (κ1) is 23.3. The first-order chi connectivity index (χ1) is 15.4. The summed E-state index contributed by atoms with van der Waals surface area (Å²) >= 11 is 0. The van der Waals surface area contributed by atoms with Crippen LogP contribution >= 0.6 is 0 Å². The normalized spacial score (nSPS) is 15.1. The van der Waals surface area contributed by atoms with Crippen molar-refractivity contribution in [2.75, 3.05) is 13.2 Å². The van der Waals surface area contributed by atoms with Crippen LogP contribution in [0.5, 0.6) is 0 Å². The van der Waals surface area contributed by atoms with Gasteiger partial charge in [0.05, 0.1) is 6.61 Å². The zero-order valence-corrected chi connectivity index (χ0v) is 18.1. The number of alkyl carbamates (subject to hydrolysis) is 1. The van der Waals surface area contributed by atoms with Crippen molar-refractivity contribution in [2.45, 2.75) is 38.3 Å². The zero-order valence-electron chi connectivity index (χ0n) is 18.1. The number of hydrogen-bond acceptors (Lipinski definition) is 5. The van der Waals surface area contributed by atoms with E-state index in [0.717, 1.165) is 22.3 Å². The van der Waals surface area contributed by atoms with Gasteiger partial charge >= 0.3 is 12.1 Å². The highest BCUT2D eigenvalue weighted by molar-refractivity contribution is 5.89. The molecule has 8 nitrogen and oxygen atoms in total. The van der Waals surface area contributed by atoms with Crippen LogP contribution in [0.15, 0.2) is 48.5 Å². The van der Waals surface area contributed by atoms with Crippen molar-refractivity contribution in [3.8, 4) is 11.1 Å². The molecule has 0 heterocycles. The van der Waals surface area contributed by atoms with Crippen molar-refractivity contribution in [1.29, 1.82) is 0 Å². The SMILES string of the molecule is CCC(C)[C@H](NC(=O)OCC1c2ccccc2-c2ccccc21)C(=O)NC(CO)C(=O)O. The fraction of sp³-hybridized carbons (Fsp3) is 0.375. The predicted molar refractivity (Wildman–Crippen MR) is 118 cm³/mol. The molecular formula is C24H28N2O6. The van der Waals surface area contributed by atoms with E-state index in [4.69, 9.17) is 14.9 Å². The van der Waals surface area contributed by atoms with E-state index in [9.17, 15) is 14.4 Å². The van der Waals surface area contributed by atoms with Gasteiger partial charge in [-0.2, -0.15) is 0 Å². The highest BCUT2D eigenvalue weighted by Gasteiger charge is 2.32. The quantitative estimate of drug-likeness (QED) is 0.475. The highest BCUT2D eigenvalue weighted by atomic mass is 16.5. The molecule has 2 amide bonds. The second kappa shape index (κ2) is 10.3. The number of benzene rings is 2. The van der Waals surface area contributed by atoms with Gasteiger partial charge in [0, 0.05) is 5.92 Å². The summed E-state index contributed by atoms with van der Waals surface area (Å²) < 4.78 is 5.50. The van der Waals surface area contributed by atoms with Crippen LogP contribution in [-0.4, -0.2) is 53.5 Å². The Morgan fingerprint density at radius 2 is 1.56 bits per heavy atom. The number of hydrogen-bond donors (Lipinski definition) is 4. The van der Waals surface area contributed by atoms with Gasteiger partial charge in [0.2, 0.25) is 5.91 Å². The minimum absolute atomic E-state index is 0.100. The molecule has 0 saturated heterocycles. The van der Waals surface area contributed by atoms with E-state index in [-0.39, 0.29) is 18.4 Å². The van der Waals surface area contributed by atoms with Crippen LogP contribution < -0.4 is 10.6 Å². The summed E-state index contributed by atoms with van der Waals surface area (Å²) in [4.78, 5) is 36.3. The Labute approximate surface area is 186 Å². The van der Waals surface area contributed by atoms with Crippen LogP contribution in [0.1, 0.15) is 37.3 Å². The van der Waals surface area contributed by atoms with E-state index >= 15 is 0 Å². The van der Waals surface area contributed by atoms with Crippen molar-refractivity contribution < 1.29 is 29.3 Å². The number of carbonyl (C=O) groups excluding carboxylic acids is 2. The van der Waals surface area contributed by atoms with Crippen molar-refractivity contribution in [2.24, 2.45) is 5.92 Å².